The third-order valence-corrected chi connectivity index (χ3v) is 3.83. The van der Waals surface area contributed by atoms with Crippen LogP contribution in [0.5, 0.6) is 0 Å². The fraction of sp³-hybridized carbons (Fsp3) is 0.562. The smallest absolute Gasteiger partial charge is 0.191 e. The monoisotopic (exact) mass is 421 g/mol. The van der Waals surface area contributed by atoms with Crippen LogP contribution in [0, 0.1) is 11.2 Å². The van der Waals surface area contributed by atoms with E-state index in [4.69, 9.17) is 0 Å². The van der Waals surface area contributed by atoms with E-state index in [1.165, 1.54) is 12.1 Å². The van der Waals surface area contributed by atoms with Crippen LogP contribution in [0.2, 0.25) is 0 Å². The SMILES string of the molecule is CCNC(=NCC1(CO)CC1)NCCc1ccc(F)cc1.I. The summed E-state index contributed by atoms with van der Waals surface area (Å²) in [6.45, 7) is 4.44. The lowest BCUT2D eigenvalue weighted by Crippen LogP contribution is -2.38. The molecule has 1 saturated carbocycles. The number of hydrogen-bond donors (Lipinski definition) is 3. The molecular formula is C16H25FIN3O. The van der Waals surface area contributed by atoms with E-state index in [-0.39, 0.29) is 41.8 Å². The zero-order chi connectivity index (χ0) is 15.1. The first kappa shape index (κ1) is 19.2. The van der Waals surface area contributed by atoms with E-state index >= 15 is 0 Å². The highest BCUT2D eigenvalue weighted by atomic mass is 127. The number of aliphatic imine (C=N–C) groups is 1. The summed E-state index contributed by atoms with van der Waals surface area (Å²) in [5, 5.41) is 15.8. The molecule has 3 N–H and O–H groups in total. The molecule has 0 atom stereocenters. The second-order valence-corrected chi connectivity index (χ2v) is 5.66. The molecule has 22 heavy (non-hydrogen) atoms. The number of hydrogen-bond acceptors (Lipinski definition) is 2. The van der Waals surface area contributed by atoms with Crippen molar-refractivity contribution < 1.29 is 9.50 Å². The van der Waals surface area contributed by atoms with E-state index in [2.05, 4.69) is 15.6 Å². The van der Waals surface area contributed by atoms with Gasteiger partial charge in [-0.3, -0.25) is 4.99 Å². The first-order valence-electron chi connectivity index (χ1n) is 7.55. The Bertz CT molecular complexity index is 475. The van der Waals surface area contributed by atoms with Gasteiger partial charge in [-0.1, -0.05) is 12.1 Å². The highest BCUT2D eigenvalue weighted by molar-refractivity contribution is 14.0. The van der Waals surface area contributed by atoms with Crippen molar-refractivity contribution in [3.05, 3.63) is 35.6 Å². The molecule has 0 saturated heterocycles. The predicted octanol–water partition coefficient (Wildman–Crippen LogP) is 2.31. The Morgan fingerprint density at radius 2 is 1.95 bits per heavy atom. The second-order valence-electron chi connectivity index (χ2n) is 5.66. The molecule has 0 heterocycles. The van der Waals surface area contributed by atoms with Crippen molar-refractivity contribution >= 4 is 29.9 Å². The molecule has 1 aliphatic rings. The van der Waals surface area contributed by atoms with Crippen LogP contribution in [0.1, 0.15) is 25.3 Å². The van der Waals surface area contributed by atoms with Gasteiger partial charge in [-0.05, 0) is 43.9 Å². The van der Waals surface area contributed by atoms with Crippen LogP contribution in [0.15, 0.2) is 29.3 Å². The molecule has 1 aromatic carbocycles. The van der Waals surface area contributed by atoms with E-state index < -0.39 is 0 Å². The zero-order valence-electron chi connectivity index (χ0n) is 12.9. The molecule has 2 rings (SSSR count). The van der Waals surface area contributed by atoms with Gasteiger partial charge < -0.3 is 15.7 Å². The fourth-order valence-corrected chi connectivity index (χ4v) is 2.11. The summed E-state index contributed by atoms with van der Waals surface area (Å²) in [6.07, 6.45) is 2.93. The first-order chi connectivity index (χ1) is 10.2. The first-order valence-corrected chi connectivity index (χ1v) is 7.55. The second kappa shape index (κ2) is 9.29. The summed E-state index contributed by atoms with van der Waals surface area (Å²) < 4.78 is 12.8. The van der Waals surface area contributed by atoms with Crippen molar-refractivity contribution in [1.29, 1.82) is 0 Å². The minimum Gasteiger partial charge on any atom is -0.396 e. The van der Waals surface area contributed by atoms with Crippen LogP contribution in [-0.2, 0) is 6.42 Å². The molecule has 0 bridgehead atoms. The zero-order valence-corrected chi connectivity index (χ0v) is 15.3. The molecule has 0 aliphatic heterocycles. The van der Waals surface area contributed by atoms with Crippen molar-refractivity contribution in [1.82, 2.24) is 10.6 Å². The summed E-state index contributed by atoms with van der Waals surface area (Å²) >= 11 is 0. The van der Waals surface area contributed by atoms with E-state index in [1.54, 1.807) is 12.1 Å². The average Bonchev–Trinajstić information content (AvgIpc) is 3.27. The number of nitrogens with one attached hydrogen (secondary N) is 2. The Labute approximate surface area is 148 Å². The topological polar surface area (TPSA) is 56.7 Å². The number of aliphatic hydroxyl groups is 1. The van der Waals surface area contributed by atoms with E-state index in [0.717, 1.165) is 43.9 Å². The number of rotatable bonds is 7. The average molecular weight is 421 g/mol. The molecule has 1 fully saturated rings. The summed E-state index contributed by atoms with van der Waals surface area (Å²) in [7, 11) is 0. The maximum atomic E-state index is 12.8. The largest absolute Gasteiger partial charge is 0.396 e. The summed E-state index contributed by atoms with van der Waals surface area (Å²) in [6, 6.07) is 6.55. The molecular weight excluding hydrogens is 396 g/mol. The Hall–Kier alpha value is -0.890. The molecule has 0 spiro atoms. The maximum absolute atomic E-state index is 12.8. The number of benzene rings is 1. The molecule has 1 aliphatic carbocycles. The molecule has 4 nitrogen and oxygen atoms in total. The van der Waals surface area contributed by atoms with Crippen LogP contribution in [-0.4, -0.2) is 37.3 Å². The van der Waals surface area contributed by atoms with Gasteiger partial charge in [-0.15, -0.1) is 24.0 Å². The molecule has 6 heteroatoms. The normalized spacial score (nSPS) is 15.9. The van der Waals surface area contributed by atoms with Gasteiger partial charge in [0, 0.05) is 18.5 Å². The number of nitrogens with zero attached hydrogens (tertiary/aromatic N) is 1. The van der Waals surface area contributed by atoms with Gasteiger partial charge in [-0.25, -0.2) is 4.39 Å². The maximum Gasteiger partial charge on any atom is 0.191 e. The minimum atomic E-state index is -0.208. The Kier molecular flexibility index (Phi) is 8.09. The summed E-state index contributed by atoms with van der Waals surface area (Å²) in [5.41, 5.74) is 1.12. The predicted molar refractivity (Wildman–Crippen MR) is 98.3 cm³/mol. The van der Waals surface area contributed by atoms with E-state index in [0.29, 0.717) is 6.54 Å². The molecule has 124 valence electrons. The van der Waals surface area contributed by atoms with E-state index in [9.17, 15) is 9.50 Å². The number of guanidine groups is 1. The van der Waals surface area contributed by atoms with Crippen molar-refractivity contribution in [2.24, 2.45) is 10.4 Å². The van der Waals surface area contributed by atoms with Crippen molar-refractivity contribution in [2.75, 3.05) is 26.2 Å². The third kappa shape index (κ3) is 6.08. The molecule has 0 amide bonds. The van der Waals surface area contributed by atoms with Crippen LogP contribution >= 0.6 is 24.0 Å². The lowest BCUT2D eigenvalue weighted by molar-refractivity contribution is 0.217. The van der Waals surface area contributed by atoms with Gasteiger partial charge in [0.25, 0.3) is 0 Å². The van der Waals surface area contributed by atoms with Crippen LogP contribution < -0.4 is 10.6 Å². The van der Waals surface area contributed by atoms with Crippen LogP contribution in [0.3, 0.4) is 0 Å². The Balaban J connectivity index is 0.00000242. The van der Waals surface area contributed by atoms with Gasteiger partial charge in [-0.2, -0.15) is 0 Å². The lowest BCUT2D eigenvalue weighted by atomic mass is 10.1. The third-order valence-electron chi connectivity index (χ3n) is 3.83. The van der Waals surface area contributed by atoms with Crippen molar-refractivity contribution in [2.45, 2.75) is 26.2 Å². The van der Waals surface area contributed by atoms with Gasteiger partial charge in [0.05, 0.1) is 13.2 Å². The molecule has 0 aromatic heterocycles. The van der Waals surface area contributed by atoms with Gasteiger partial charge in [0.2, 0.25) is 0 Å². The highest BCUT2D eigenvalue weighted by Gasteiger charge is 2.41. The van der Waals surface area contributed by atoms with Gasteiger partial charge >= 0.3 is 0 Å². The fourth-order valence-electron chi connectivity index (χ4n) is 2.11. The van der Waals surface area contributed by atoms with Crippen molar-refractivity contribution in [3.63, 3.8) is 0 Å². The minimum absolute atomic E-state index is 0. The molecule has 0 unspecified atom stereocenters. The summed E-state index contributed by atoms with van der Waals surface area (Å²) in [5.74, 6) is 0.569. The Morgan fingerprint density at radius 1 is 1.27 bits per heavy atom. The van der Waals surface area contributed by atoms with E-state index in [1.807, 2.05) is 6.92 Å². The van der Waals surface area contributed by atoms with Crippen molar-refractivity contribution in [3.8, 4) is 0 Å². The lowest BCUT2D eigenvalue weighted by Gasteiger charge is -2.13. The highest BCUT2D eigenvalue weighted by Crippen LogP contribution is 2.45. The number of halogens is 2. The summed E-state index contributed by atoms with van der Waals surface area (Å²) in [4.78, 5) is 4.54. The molecule has 0 radical (unpaired) electrons. The Morgan fingerprint density at radius 3 is 2.50 bits per heavy atom. The quantitative estimate of drug-likeness (QED) is 0.360. The standard InChI is InChI=1S/C16H24FN3O.HI/c1-2-18-15(20-11-16(12-21)8-9-16)19-10-7-13-3-5-14(17)6-4-13;/h3-6,21H,2,7-12H2,1H3,(H2,18,19,20);1H. The molecule has 1 aromatic rings. The van der Waals surface area contributed by atoms with Gasteiger partial charge in [0.15, 0.2) is 5.96 Å². The number of aliphatic hydroxyl groups excluding tert-OH is 1. The van der Waals surface area contributed by atoms with Gasteiger partial charge in [0.1, 0.15) is 5.82 Å². The van der Waals surface area contributed by atoms with Crippen LogP contribution in [0.25, 0.3) is 0 Å². The van der Waals surface area contributed by atoms with Crippen LogP contribution in [0.4, 0.5) is 4.39 Å².